The number of hydrogen-bond donors (Lipinski definition) is 1. The molecular weight excluding hydrogens is 1030 g/mol. The summed E-state index contributed by atoms with van der Waals surface area (Å²) in [4.78, 5) is 35.8. The average Bonchev–Trinajstić information content (AvgIpc) is 3.43. The Hall–Kier alpha value is -2.55. The Bertz CT molecular complexity index is 1600. The van der Waals surface area contributed by atoms with E-state index >= 15 is 0 Å². The zero-order valence-electron chi connectivity index (χ0n) is 53.8. The van der Waals surface area contributed by atoms with Crippen molar-refractivity contribution < 1.29 is 42.1 Å². The van der Waals surface area contributed by atoms with Crippen molar-refractivity contribution in [3.8, 4) is 0 Å². The van der Waals surface area contributed by atoms with Crippen LogP contribution in [0.2, 0.25) is 0 Å². The smallest absolute Gasteiger partial charge is 0.462 e. The Balaban J connectivity index is 3.95. The summed E-state index contributed by atoms with van der Waals surface area (Å²) in [5, 5.41) is 0. The molecule has 0 aromatic carbocycles. The summed E-state index contributed by atoms with van der Waals surface area (Å²) in [5.74, 6) is -0.780. The molecule has 0 aliphatic heterocycles. The normalized spacial score (nSPS) is 13.6. The highest BCUT2D eigenvalue weighted by Crippen LogP contribution is 2.43. The van der Waals surface area contributed by atoms with Crippen LogP contribution in [0, 0.1) is 0 Å². The molecule has 0 aromatic heterocycles. The Morgan fingerprint density at radius 2 is 0.704 bits per heavy atom. The lowest BCUT2D eigenvalue weighted by Crippen LogP contribution is -2.37. The zero-order valence-corrected chi connectivity index (χ0v) is 54.7. The zero-order chi connectivity index (χ0) is 59.1. The molecule has 81 heavy (non-hydrogen) atoms. The Morgan fingerprint density at radius 1 is 0.395 bits per heavy atom. The summed E-state index contributed by atoms with van der Waals surface area (Å²) in [7, 11) is 1.49. The lowest BCUT2D eigenvalue weighted by molar-refractivity contribution is -0.870. The highest BCUT2D eigenvalue weighted by atomic mass is 31.2. The standard InChI is InChI=1S/C71H130NO8P/c1-6-8-10-12-14-16-18-20-22-24-26-27-28-29-30-31-32-33-34-35-36-37-38-39-40-41-42-43-44-45-46-48-50-52-54-56-58-60-62-64-71(74)80-69(68-79-81(75,76)78-66-65-72(3,4)5)67-77-70(73)63-61-59-57-55-53-51-49-47-25-23-21-19-17-15-13-11-9-7-2/h8,10,14,16,20,22,26-27,29-30,32-33,69H,6-7,9,11-13,15,17-19,21,23-25,28,31,34-68H2,1-5H3/p+1/b10-8-,16-14-,22-20-,27-26-,30-29-,33-32-. The van der Waals surface area contributed by atoms with Gasteiger partial charge in [-0.05, 0) is 64.2 Å². The summed E-state index contributed by atoms with van der Waals surface area (Å²) < 4.78 is 34.7. The lowest BCUT2D eigenvalue weighted by atomic mass is 10.0. The molecule has 9 nitrogen and oxygen atoms in total. The van der Waals surface area contributed by atoms with E-state index in [1.807, 2.05) is 21.1 Å². The van der Waals surface area contributed by atoms with E-state index in [0.29, 0.717) is 23.9 Å². The van der Waals surface area contributed by atoms with Crippen LogP contribution in [-0.4, -0.2) is 74.9 Å². The minimum absolute atomic E-state index is 0.0334. The number of esters is 2. The van der Waals surface area contributed by atoms with Gasteiger partial charge in [-0.25, -0.2) is 4.57 Å². The quantitative estimate of drug-likeness (QED) is 0.0211. The van der Waals surface area contributed by atoms with Gasteiger partial charge in [-0.15, -0.1) is 0 Å². The van der Waals surface area contributed by atoms with Crippen LogP contribution in [0.1, 0.15) is 316 Å². The lowest BCUT2D eigenvalue weighted by Gasteiger charge is -2.24. The first-order chi connectivity index (χ1) is 39.5. The van der Waals surface area contributed by atoms with Crippen molar-refractivity contribution in [2.75, 3.05) is 47.5 Å². The van der Waals surface area contributed by atoms with Gasteiger partial charge in [-0.1, -0.05) is 311 Å². The molecule has 0 fully saturated rings. The predicted molar refractivity (Wildman–Crippen MR) is 349 cm³/mol. The van der Waals surface area contributed by atoms with Crippen LogP contribution in [0.25, 0.3) is 0 Å². The molecule has 0 bridgehead atoms. The van der Waals surface area contributed by atoms with E-state index in [2.05, 4.69) is 86.8 Å². The van der Waals surface area contributed by atoms with Crippen molar-refractivity contribution in [3.63, 3.8) is 0 Å². The number of phosphoric acid groups is 1. The summed E-state index contributed by atoms with van der Waals surface area (Å²) in [5.41, 5.74) is 0. The largest absolute Gasteiger partial charge is 0.472 e. The van der Waals surface area contributed by atoms with Gasteiger partial charge in [-0.2, -0.15) is 0 Å². The minimum atomic E-state index is -4.39. The third-order valence-electron chi connectivity index (χ3n) is 15.0. The fourth-order valence-electron chi connectivity index (χ4n) is 9.79. The Labute approximate surface area is 501 Å². The van der Waals surface area contributed by atoms with Crippen LogP contribution >= 0.6 is 7.82 Å². The highest BCUT2D eigenvalue weighted by Gasteiger charge is 2.27. The first-order valence-corrected chi connectivity index (χ1v) is 35.7. The van der Waals surface area contributed by atoms with Crippen molar-refractivity contribution in [3.05, 3.63) is 72.9 Å². The minimum Gasteiger partial charge on any atom is -0.462 e. The number of rotatable bonds is 63. The van der Waals surface area contributed by atoms with Gasteiger partial charge in [0.1, 0.15) is 19.8 Å². The van der Waals surface area contributed by atoms with Crippen LogP contribution in [0.15, 0.2) is 72.9 Å². The van der Waals surface area contributed by atoms with E-state index in [0.717, 1.165) is 70.6 Å². The first-order valence-electron chi connectivity index (χ1n) is 34.2. The summed E-state index contributed by atoms with van der Waals surface area (Å²) in [6.45, 7) is 4.37. The number of quaternary nitrogens is 1. The van der Waals surface area contributed by atoms with Crippen molar-refractivity contribution in [1.29, 1.82) is 0 Å². The number of carbonyl (C=O) groups is 2. The van der Waals surface area contributed by atoms with Crippen LogP contribution in [0.5, 0.6) is 0 Å². The van der Waals surface area contributed by atoms with E-state index in [9.17, 15) is 19.0 Å². The van der Waals surface area contributed by atoms with Gasteiger partial charge in [0.25, 0.3) is 0 Å². The number of nitrogens with zero attached hydrogens (tertiary/aromatic N) is 1. The maximum Gasteiger partial charge on any atom is 0.472 e. The second-order valence-corrected chi connectivity index (χ2v) is 25.6. The molecule has 0 heterocycles. The van der Waals surface area contributed by atoms with Crippen molar-refractivity contribution in [2.24, 2.45) is 0 Å². The molecular formula is C71H131NO8P+. The molecule has 0 spiro atoms. The average molecular weight is 1160 g/mol. The van der Waals surface area contributed by atoms with E-state index < -0.39 is 26.5 Å². The molecule has 0 aromatic rings. The maximum absolute atomic E-state index is 12.9. The highest BCUT2D eigenvalue weighted by molar-refractivity contribution is 7.47. The molecule has 2 atom stereocenters. The fourth-order valence-corrected chi connectivity index (χ4v) is 10.5. The second-order valence-electron chi connectivity index (χ2n) is 24.2. The predicted octanol–water partition coefficient (Wildman–Crippen LogP) is 22.0. The number of hydrogen-bond acceptors (Lipinski definition) is 7. The van der Waals surface area contributed by atoms with Gasteiger partial charge in [0.05, 0.1) is 27.7 Å². The number of allylic oxidation sites excluding steroid dienone is 12. The van der Waals surface area contributed by atoms with E-state index in [-0.39, 0.29) is 25.6 Å². The Kier molecular flexibility index (Phi) is 60.0. The number of unbranched alkanes of at least 4 members (excludes halogenated alkanes) is 37. The number of carbonyl (C=O) groups excluding carboxylic acids is 2. The maximum atomic E-state index is 12.9. The van der Waals surface area contributed by atoms with Gasteiger partial charge in [0.15, 0.2) is 6.10 Å². The van der Waals surface area contributed by atoms with Crippen LogP contribution in [0.4, 0.5) is 0 Å². The van der Waals surface area contributed by atoms with Crippen molar-refractivity contribution in [2.45, 2.75) is 322 Å². The molecule has 472 valence electrons. The Morgan fingerprint density at radius 3 is 1.05 bits per heavy atom. The first kappa shape index (κ1) is 78.5. The molecule has 10 heteroatoms. The molecule has 0 aliphatic rings. The van der Waals surface area contributed by atoms with Gasteiger partial charge >= 0.3 is 19.8 Å². The molecule has 1 N–H and O–H groups in total. The van der Waals surface area contributed by atoms with Crippen molar-refractivity contribution >= 4 is 19.8 Å². The van der Waals surface area contributed by atoms with Crippen LogP contribution in [-0.2, 0) is 32.7 Å². The fraction of sp³-hybridized carbons (Fsp3) is 0.803. The van der Waals surface area contributed by atoms with Crippen LogP contribution < -0.4 is 0 Å². The number of likely N-dealkylation sites (N-methyl/N-ethyl adjacent to an activating group) is 1. The second kappa shape index (κ2) is 62.0. The molecule has 0 amide bonds. The monoisotopic (exact) mass is 1160 g/mol. The SMILES string of the molecule is CC/C=C\C/C=C\C/C=C\C/C=C\C/C=C\C/C=C\CCCCCCCCCCCCCCCCCCCCCCC(=O)OC(COC(=O)CCCCCCCCCCCCCCCCCCCC)COP(=O)(O)OCC[N+](C)(C)C. The summed E-state index contributed by atoms with van der Waals surface area (Å²) in [6.07, 6.45) is 82.9. The molecule has 0 saturated heterocycles. The third-order valence-corrected chi connectivity index (χ3v) is 16.0. The van der Waals surface area contributed by atoms with E-state index in [1.54, 1.807) is 0 Å². The molecule has 0 rings (SSSR count). The van der Waals surface area contributed by atoms with Gasteiger partial charge in [-0.3, -0.25) is 18.6 Å². The molecule has 0 saturated carbocycles. The third kappa shape index (κ3) is 66.5. The molecule has 0 aliphatic carbocycles. The van der Waals surface area contributed by atoms with Crippen LogP contribution in [0.3, 0.4) is 0 Å². The number of phosphoric ester groups is 1. The topological polar surface area (TPSA) is 108 Å². The van der Waals surface area contributed by atoms with Gasteiger partial charge < -0.3 is 18.9 Å². The molecule has 0 radical (unpaired) electrons. The number of ether oxygens (including phenoxy) is 2. The van der Waals surface area contributed by atoms with Crippen molar-refractivity contribution in [1.82, 2.24) is 0 Å². The summed E-state index contributed by atoms with van der Waals surface area (Å²) >= 11 is 0. The molecule has 2 unspecified atom stereocenters. The summed E-state index contributed by atoms with van der Waals surface area (Å²) in [6, 6.07) is 0. The van der Waals surface area contributed by atoms with Gasteiger partial charge in [0.2, 0.25) is 0 Å². The van der Waals surface area contributed by atoms with Gasteiger partial charge in [0, 0.05) is 12.8 Å². The van der Waals surface area contributed by atoms with E-state index in [1.165, 1.54) is 212 Å². The van der Waals surface area contributed by atoms with E-state index in [4.69, 9.17) is 18.5 Å².